The summed E-state index contributed by atoms with van der Waals surface area (Å²) in [5.74, 6) is 0.250. The molecule has 7 heteroatoms. The van der Waals surface area contributed by atoms with E-state index in [-0.39, 0.29) is 30.1 Å². The number of hydrogen-bond donors (Lipinski definition) is 0. The van der Waals surface area contributed by atoms with Gasteiger partial charge in [0.25, 0.3) is 10.1 Å². The molecule has 2 atom stereocenters. The molecule has 1 heterocycles. The molecular weight excluding hydrogens is 378 g/mol. The molecule has 0 N–H and O–H groups in total. The lowest BCUT2D eigenvalue weighted by Gasteiger charge is -2.23. The van der Waals surface area contributed by atoms with E-state index in [1.807, 2.05) is 44.2 Å². The largest absolute Gasteiger partial charge is 0.445 e. The van der Waals surface area contributed by atoms with Crippen LogP contribution in [-0.2, 0) is 25.6 Å². The molecule has 1 aliphatic heterocycles. The van der Waals surface area contributed by atoms with Gasteiger partial charge in [0.1, 0.15) is 6.61 Å². The third-order valence-corrected chi connectivity index (χ3v) is 6.08. The Labute approximate surface area is 166 Å². The van der Waals surface area contributed by atoms with E-state index < -0.39 is 16.2 Å². The highest BCUT2D eigenvalue weighted by atomic mass is 32.2. The van der Waals surface area contributed by atoms with Gasteiger partial charge < -0.3 is 9.64 Å². The van der Waals surface area contributed by atoms with Crippen LogP contribution in [-0.4, -0.2) is 38.6 Å². The number of likely N-dealkylation sites (tertiary alicyclic amines) is 1. The van der Waals surface area contributed by atoms with Crippen molar-refractivity contribution in [3.05, 3.63) is 65.7 Å². The summed E-state index contributed by atoms with van der Waals surface area (Å²) in [4.78, 5) is 14.2. The Morgan fingerprint density at radius 3 is 2.46 bits per heavy atom. The Morgan fingerprint density at radius 1 is 1.11 bits per heavy atom. The maximum Gasteiger partial charge on any atom is 0.410 e. The number of nitrogens with zero attached hydrogens (tertiary/aromatic N) is 1. The van der Waals surface area contributed by atoms with Crippen LogP contribution < -0.4 is 0 Å². The molecule has 0 aliphatic carbocycles. The maximum atomic E-state index is 12.5. The minimum atomic E-state index is -3.87. The first-order valence-corrected chi connectivity index (χ1v) is 10.7. The first-order chi connectivity index (χ1) is 13.3. The fourth-order valence-corrected chi connectivity index (χ4v) is 4.22. The van der Waals surface area contributed by atoms with Crippen LogP contribution in [0, 0.1) is 12.8 Å². The van der Waals surface area contributed by atoms with E-state index in [4.69, 9.17) is 8.92 Å². The molecule has 0 saturated carbocycles. The van der Waals surface area contributed by atoms with Crippen LogP contribution in [0.4, 0.5) is 4.79 Å². The van der Waals surface area contributed by atoms with Gasteiger partial charge in [0.05, 0.1) is 17.5 Å². The van der Waals surface area contributed by atoms with Crippen molar-refractivity contribution in [2.45, 2.75) is 37.8 Å². The molecule has 1 fully saturated rings. The van der Waals surface area contributed by atoms with Crippen molar-refractivity contribution < 1.29 is 22.1 Å². The number of amides is 1. The third kappa shape index (κ3) is 5.11. The van der Waals surface area contributed by atoms with E-state index in [0.717, 1.165) is 11.1 Å². The predicted molar refractivity (Wildman–Crippen MR) is 105 cm³/mol. The molecular formula is C21H25NO5S. The quantitative estimate of drug-likeness (QED) is 0.687. The van der Waals surface area contributed by atoms with Gasteiger partial charge >= 0.3 is 6.09 Å². The fourth-order valence-electron chi connectivity index (χ4n) is 3.28. The van der Waals surface area contributed by atoms with Crippen molar-refractivity contribution in [2.24, 2.45) is 5.92 Å². The van der Waals surface area contributed by atoms with Gasteiger partial charge in [-0.1, -0.05) is 55.0 Å². The van der Waals surface area contributed by atoms with Gasteiger partial charge in [0.2, 0.25) is 0 Å². The average molecular weight is 404 g/mol. The summed E-state index contributed by atoms with van der Waals surface area (Å²) < 4.78 is 35.5. The normalized spacial score (nSPS) is 19.6. The molecule has 1 amide bonds. The minimum Gasteiger partial charge on any atom is -0.445 e. The van der Waals surface area contributed by atoms with Crippen LogP contribution in [0.2, 0.25) is 0 Å². The summed E-state index contributed by atoms with van der Waals surface area (Å²) in [5.41, 5.74) is 1.87. The molecule has 0 unspecified atom stereocenters. The van der Waals surface area contributed by atoms with Crippen LogP contribution >= 0.6 is 0 Å². The van der Waals surface area contributed by atoms with Gasteiger partial charge in [-0.3, -0.25) is 4.18 Å². The molecule has 3 rings (SSSR count). The Morgan fingerprint density at radius 2 is 1.79 bits per heavy atom. The molecule has 2 aromatic carbocycles. The highest BCUT2D eigenvalue weighted by Gasteiger charge is 2.35. The zero-order chi connectivity index (χ0) is 20.1. The summed E-state index contributed by atoms with van der Waals surface area (Å²) in [6.45, 7) is 4.52. The smallest absolute Gasteiger partial charge is 0.410 e. The highest BCUT2D eigenvalue weighted by Crippen LogP contribution is 2.25. The van der Waals surface area contributed by atoms with E-state index in [0.29, 0.717) is 13.0 Å². The summed E-state index contributed by atoms with van der Waals surface area (Å²) in [7, 11) is -3.87. The monoisotopic (exact) mass is 403 g/mol. The van der Waals surface area contributed by atoms with Crippen LogP contribution in [0.5, 0.6) is 0 Å². The second kappa shape index (κ2) is 8.75. The van der Waals surface area contributed by atoms with Crippen molar-refractivity contribution in [1.29, 1.82) is 0 Å². The van der Waals surface area contributed by atoms with E-state index in [1.54, 1.807) is 17.0 Å². The molecule has 0 spiro atoms. The zero-order valence-electron chi connectivity index (χ0n) is 16.1. The molecule has 150 valence electrons. The minimum absolute atomic E-state index is 0.0824. The van der Waals surface area contributed by atoms with Gasteiger partial charge in [0.15, 0.2) is 0 Å². The van der Waals surface area contributed by atoms with Crippen LogP contribution in [0.3, 0.4) is 0 Å². The van der Waals surface area contributed by atoms with Crippen LogP contribution in [0.15, 0.2) is 59.5 Å². The van der Waals surface area contributed by atoms with Gasteiger partial charge in [-0.05, 0) is 37.0 Å². The number of carbonyl (C=O) groups excluding carboxylic acids is 1. The highest BCUT2D eigenvalue weighted by molar-refractivity contribution is 7.86. The third-order valence-electron chi connectivity index (χ3n) is 4.79. The molecule has 1 saturated heterocycles. The summed E-state index contributed by atoms with van der Waals surface area (Å²) >= 11 is 0. The second-order valence-electron chi connectivity index (χ2n) is 7.24. The number of rotatable bonds is 6. The van der Waals surface area contributed by atoms with Crippen LogP contribution in [0.1, 0.15) is 24.5 Å². The van der Waals surface area contributed by atoms with Crippen molar-refractivity contribution in [2.75, 3.05) is 13.2 Å². The van der Waals surface area contributed by atoms with Crippen LogP contribution in [0.25, 0.3) is 0 Å². The van der Waals surface area contributed by atoms with Crippen molar-refractivity contribution in [1.82, 2.24) is 4.90 Å². The fraction of sp³-hybridized carbons (Fsp3) is 0.381. The van der Waals surface area contributed by atoms with E-state index in [1.165, 1.54) is 12.1 Å². The lowest BCUT2D eigenvalue weighted by molar-refractivity contribution is 0.0825. The maximum absolute atomic E-state index is 12.5. The van der Waals surface area contributed by atoms with Crippen molar-refractivity contribution in [3.8, 4) is 0 Å². The zero-order valence-corrected chi connectivity index (χ0v) is 16.9. The van der Waals surface area contributed by atoms with E-state index in [9.17, 15) is 13.2 Å². The Hall–Kier alpha value is -2.38. The van der Waals surface area contributed by atoms with E-state index >= 15 is 0 Å². The van der Waals surface area contributed by atoms with E-state index in [2.05, 4.69) is 0 Å². The van der Waals surface area contributed by atoms with Gasteiger partial charge in [0, 0.05) is 6.54 Å². The Kier molecular flexibility index (Phi) is 6.36. The average Bonchev–Trinajstić information content (AvgIpc) is 3.06. The topological polar surface area (TPSA) is 72.9 Å². The lowest BCUT2D eigenvalue weighted by atomic mass is 10.1. The lowest BCUT2D eigenvalue weighted by Crippen LogP contribution is -2.39. The number of hydrogen-bond acceptors (Lipinski definition) is 5. The first kappa shape index (κ1) is 20.4. The van der Waals surface area contributed by atoms with Gasteiger partial charge in [-0.25, -0.2) is 4.79 Å². The molecule has 0 radical (unpaired) electrons. The molecule has 2 aromatic rings. The Balaban J connectivity index is 1.60. The Bertz CT molecular complexity index is 896. The summed E-state index contributed by atoms with van der Waals surface area (Å²) in [6, 6.07) is 15.6. The number of benzene rings is 2. The molecule has 28 heavy (non-hydrogen) atoms. The molecule has 1 aliphatic rings. The van der Waals surface area contributed by atoms with Gasteiger partial charge in [-0.15, -0.1) is 0 Å². The van der Waals surface area contributed by atoms with Gasteiger partial charge in [-0.2, -0.15) is 8.42 Å². The molecule has 0 aromatic heterocycles. The SMILES string of the molecule is Cc1ccc(S(=O)(=O)OC[C@@H]2C[C@@H](C)CN2C(=O)OCc2ccccc2)cc1. The van der Waals surface area contributed by atoms with Crippen molar-refractivity contribution >= 4 is 16.2 Å². The first-order valence-electron chi connectivity index (χ1n) is 9.28. The number of aryl methyl sites for hydroxylation is 1. The summed E-state index contributed by atoms with van der Waals surface area (Å²) in [6.07, 6.45) is 0.221. The predicted octanol–water partition coefficient (Wildman–Crippen LogP) is 3.75. The number of ether oxygens (including phenoxy) is 1. The number of carbonyl (C=O) groups is 1. The molecule has 6 nitrogen and oxygen atoms in total. The molecule has 0 bridgehead atoms. The standard InChI is InChI=1S/C21H25NO5S/c1-16-8-10-20(11-9-16)28(24,25)27-15-19-12-17(2)13-22(19)21(23)26-14-18-6-4-3-5-7-18/h3-11,17,19H,12-15H2,1-2H3/t17-,19+/m1/s1. The summed E-state index contributed by atoms with van der Waals surface area (Å²) in [5, 5.41) is 0. The second-order valence-corrected chi connectivity index (χ2v) is 8.85. The van der Waals surface area contributed by atoms with Crippen molar-refractivity contribution in [3.63, 3.8) is 0 Å².